The summed E-state index contributed by atoms with van der Waals surface area (Å²) in [6.45, 7) is 4.02. The largest absolute Gasteiger partial charge is 0.492 e. The highest BCUT2D eigenvalue weighted by Crippen LogP contribution is 2.24. The lowest BCUT2D eigenvalue weighted by molar-refractivity contribution is 0.103. The minimum absolute atomic E-state index is 0.0371. The Kier molecular flexibility index (Phi) is 4.82. The highest BCUT2D eigenvalue weighted by Gasteiger charge is 2.15. The molecule has 0 bridgehead atoms. The second-order valence-electron chi connectivity index (χ2n) is 7.78. The Morgan fingerprint density at radius 1 is 0.862 bits per heavy atom. The highest BCUT2D eigenvalue weighted by molar-refractivity contribution is 6.11. The highest BCUT2D eigenvalue weighted by atomic mass is 16.5. The van der Waals surface area contributed by atoms with E-state index < -0.39 is 0 Å². The van der Waals surface area contributed by atoms with Crippen LogP contribution in [0.2, 0.25) is 0 Å². The number of aromatic amines is 2. The van der Waals surface area contributed by atoms with Crippen LogP contribution >= 0.6 is 0 Å². The maximum Gasteiger partial charge on any atom is 0.225 e. The zero-order valence-corrected chi connectivity index (χ0v) is 16.4. The number of carbonyl (C=O) groups excluding carboxylic acids is 1. The Hall–Kier alpha value is -3.05. The maximum atomic E-state index is 12.9. The second kappa shape index (κ2) is 7.76. The standard InChI is InChI=1S/C24H25N3O2/c28-24(22-15-17-6-2-3-7-20(17)25-22)23-16-18-14-19(8-9-21(18)26-23)29-13-12-27-10-4-1-5-11-27/h2-3,6-9,14-16,25-26H,1,4-5,10-13H2. The summed E-state index contributed by atoms with van der Waals surface area (Å²) in [6, 6.07) is 17.7. The zero-order valence-electron chi connectivity index (χ0n) is 16.4. The van der Waals surface area contributed by atoms with Gasteiger partial charge in [-0.15, -0.1) is 0 Å². The van der Waals surface area contributed by atoms with Crippen LogP contribution in [0.1, 0.15) is 35.4 Å². The number of rotatable bonds is 6. The number of nitrogens with zero attached hydrogens (tertiary/aromatic N) is 1. The molecule has 1 aliphatic heterocycles. The molecule has 2 N–H and O–H groups in total. The zero-order chi connectivity index (χ0) is 19.6. The van der Waals surface area contributed by atoms with Crippen LogP contribution in [-0.2, 0) is 0 Å². The number of benzene rings is 2. The van der Waals surface area contributed by atoms with Crippen LogP contribution in [0.3, 0.4) is 0 Å². The summed E-state index contributed by atoms with van der Waals surface area (Å²) in [5.74, 6) is 0.808. The van der Waals surface area contributed by atoms with E-state index in [2.05, 4.69) is 14.9 Å². The minimum atomic E-state index is -0.0371. The molecule has 0 spiro atoms. The molecule has 1 saturated heterocycles. The number of para-hydroxylation sites is 1. The number of carbonyl (C=O) groups is 1. The lowest BCUT2D eigenvalue weighted by Crippen LogP contribution is -2.33. The number of aromatic nitrogens is 2. The smallest absolute Gasteiger partial charge is 0.225 e. The molecule has 148 valence electrons. The van der Waals surface area contributed by atoms with Crippen molar-refractivity contribution >= 4 is 27.6 Å². The first-order valence-corrected chi connectivity index (χ1v) is 10.4. The van der Waals surface area contributed by atoms with Gasteiger partial charge in [-0.3, -0.25) is 9.69 Å². The Morgan fingerprint density at radius 3 is 2.38 bits per heavy atom. The van der Waals surface area contributed by atoms with Crippen molar-refractivity contribution in [2.75, 3.05) is 26.2 Å². The van der Waals surface area contributed by atoms with Crippen LogP contribution in [0.25, 0.3) is 21.8 Å². The number of piperidine rings is 1. The topological polar surface area (TPSA) is 61.1 Å². The number of hydrogen-bond acceptors (Lipinski definition) is 3. The monoisotopic (exact) mass is 387 g/mol. The van der Waals surface area contributed by atoms with Crippen molar-refractivity contribution in [1.82, 2.24) is 14.9 Å². The van der Waals surface area contributed by atoms with Crippen molar-refractivity contribution in [3.8, 4) is 5.75 Å². The molecule has 5 rings (SSSR count). The van der Waals surface area contributed by atoms with E-state index in [-0.39, 0.29) is 5.78 Å². The molecule has 5 heteroatoms. The van der Waals surface area contributed by atoms with Crippen molar-refractivity contribution in [2.24, 2.45) is 0 Å². The van der Waals surface area contributed by atoms with Crippen molar-refractivity contribution in [3.05, 3.63) is 66.0 Å². The van der Waals surface area contributed by atoms with E-state index in [1.807, 2.05) is 54.6 Å². The summed E-state index contributed by atoms with van der Waals surface area (Å²) in [5, 5.41) is 2.02. The molecule has 2 aromatic heterocycles. The van der Waals surface area contributed by atoms with E-state index >= 15 is 0 Å². The number of likely N-dealkylation sites (tertiary alicyclic amines) is 1. The van der Waals surface area contributed by atoms with Gasteiger partial charge in [0.1, 0.15) is 12.4 Å². The molecular formula is C24H25N3O2. The molecule has 29 heavy (non-hydrogen) atoms. The van der Waals surface area contributed by atoms with Gasteiger partial charge >= 0.3 is 0 Å². The van der Waals surface area contributed by atoms with Gasteiger partial charge in [-0.25, -0.2) is 0 Å². The number of nitrogens with one attached hydrogen (secondary N) is 2. The Bertz CT molecular complexity index is 1120. The fourth-order valence-electron chi connectivity index (χ4n) is 4.14. The summed E-state index contributed by atoms with van der Waals surface area (Å²) in [5.41, 5.74) is 3.08. The van der Waals surface area contributed by atoms with Gasteiger partial charge in [0.2, 0.25) is 5.78 Å². The van der Waals surface area contributed by atoms with Gasteiger partial charge in [0.05, 0.1) is 11.4 Å². The van der Waals surface area contributed by atoms with Gasteiger partial charge in [0, 0.05) is 28.4 Å². The number of ketones is 1. The molecule has 0 radical (unpaired) electrons. The van der Waals surface area contributed by atoms with Crippen LogP contribution in [0.4, 0.5) is 0 Å². The molecule has 1 fully saturated rings. The van der Waals surface area contributed by atoms with Crippen molar-refractivity contribution in [3.63, 3.8) is 0 Å². The van der Waals surface area contributed by atoms with Gasteiger partial charge in [0.15, 0.2) is 0 Å². The van der Waals surface area contributed by atoms with E-state index in [1.54, 1.807) is 0 Å². The predicted octanol–water partition coefficient (Wildman–Crippen LogP) is 4.74. The van der Waals surface area contributed by atoms with Gasteiger partial charge in [-0.05, 0) is 62.3 Å². The Morgan fingerprint density at radius 2 is 1.59 bits per heavy atom. The van der Waals surface area contributed by atoms with E-state index in [4.69, 9.17) is 4.74 Å². The van der Waals surface area contributed by atoms with Crippen molar-refractivity contribution in [1.29, 1.82) is 0 Å². The lowest BCUT2D eigenvalue weighted by Gasteiger charge is -2.26. The van der Waals surface area contributed by atoms with E-state index in [0.29, 0.717) is 18.0 Å². The van der Waals surface area contributed by atoms with Crippen LogP contribution in [-0.4, -0.2) is 46.9 Å². The van der Waals surface area contributed by atoms with Gasteiger partial charge in [-0.2, -0.15) is 0 Å². The van der Waals surface area contributed by atoms with Crippen molar-refractivity contribution in [2.45, 2.75) is 19.3 Å². The third-order valence-electron chi connectivity index (χ3n) is 5.74. The SMILES string of the molecule is O=C(c1cc2ccccc2[nH]1)c1cc2cc(OCCN3CCCCC3)ccc2[nH]1. The Labute approximate surface area is 169 Å². The van der Waals surface area contributed by atoms with Crippen LogP contribution in [0.5, 0.6) is 5.75 Å². The number of hydrogen-bond donors (Lipinski definition) is 2. The van der Waals surface area contributed by atoms with Crippen LogP contribution < -0.4 is 4.74 Å². The number of ether oxygens (including phenoxy) is 1. The summed E-state index contributed by atoms with van der Waals surface area (Å²) in [6.07, 6.45) is 3.94. The molecule has 2 aromatic carbocycles. The lowest BCUT2D eigenvalue weighted by atomic mass is 10.1. The average Bonchev–Trinajstić information content (AvgIpc) is 3.38. The molecule has 5 nitrogen and oxygen atoms in total. The molecule has 0 aliphatic carbocycles. The molecule has 0 saturated carbocycles. The van der Waals surface area contributed by atoms with E-state index in [9.17, 15) is 4.79 Å². The van der Waals surface area contributed by atoms with Crippen molar-refractivity contribution < 1.29 is 9.53 Å². The number of H-pyrrole nitrogens is 2. The first-order chi connectivity index (χ1) is 14.3. The van der Waals surface area contributed by atoms with E-state index in [0.717, 1.165) is 34.1 Å². The fraction of sp³-hybridized carbons (Fsp3) is 0.292. The Balaban J connectivity index is 1.30. The first kappa shape index (κ1) is 18.0. The van der Waals surface area contributed by atoms with Crippen LogP contribution in [0, 0.1) is 0 Å². The minimum Gasteiger partial charge on any atom is -0.492 e. The molecule has 0 amide bonds. The third-order valence-corrected chi connectivity index (χ3v) is 5.74. The molecule has 4 aromatic rings. The summed E-state index contributed by atoms with van der Waals surface area (Å²) in [4.78, 5) is 21.8. The first-order valence-electron chi connectivity index (χ1n) is 10.4. The normalized spacial score (nSPS) is 15.2. The predicted molar refractivity (Wildman–Crippen MR) is 116 cm³/mol. The molecule has 3 heterocycles. The molecular weight excluding hydrogens is 362 g/mol. The molecule has 1 aliphatic rings. The quantitative estimate of drug-likeness (QED) is 0.470. The number of fused-ring (bicyclic) bond motifs is 2. The van der Waals surface area contributed by atoms with Crippen LogP contribution in [0.15, 0.2) is 54.6 Å². The van der Waals surface area contributed by atoms with Gasteiger partial charge < -0.3 is 14.7 Å². The summed E-state index contributed by atoms with van der Waals surface area (Å²) < 4.78 is 5.96. The third kappa shape index (κ3) is 3.78. The summed E-state index contributed by atoms with van der Waals surface area (Å²) >= 11 is 0. The molecule has 0 unspecified atom stereocenters. The fourth-order valence-corrected chi connectivity index (χ4v) is 4.14. The molecule has 0 atom stereocenters. The maximum absolute atomic E-state index is 12.9. The van der Waals surface area contributed by atoms with E-state index in [1.165, 1.54) is 32.4 Å². The van der Waals surface area contributed by atoms with Gasteiger partial charge in [0.25, 0.3) is 0 Å². The second-order valence-corrected chi connectivity index (χ2v) is 7.78. The average molecular weight is 387 g/mol. The summed E-state index contributed by atoms with van der Waals surface area (Å²) in [7, 11) is 0. The van der Waals surface area contributed by atoms with Gasteiger partial charge in [-0.1, -0.05) is 24.6 Å².